The van der Waals surface area contributed by atoms with Gasteiger partial charge in [-0.1, -0.05) is 51.1 Å². The summed E-state index contributed by atoms with van der Waals surface area (Å²) in [6.07, 6.45) is 0.934. The first-order chi connectivity index (χ1) is 12.3. The van der Waals surface area contributed by atoms with Gasteiger partial charge < -0.3 is 10.6 Å². The highest BCUT2D eigenvalue weighted by molar-refractivity contribution is 6.39. The van der Waals surface area contributed by atoms with Crippen molar-refractivity contribution < 1.29 is 14.0 Å². The second-order valence-electron chi connectivity index (χ2n) is 6.73. The average Bonchev–Trinajstić information content (AvgIpc) is 2.62. The lowest BCUT2D eigenvalue weighted by atomic mass is 9.95. The molecule has 5 heteroatoms. The summed E-state index contributed by atoms with van der Waals surface area (Å²) in [6, 6.07) is 12.0. The number of hydrogen-bond donors (Lipinski definition) is 2. The van der Waals surface area contributed by atoms with Crippen LogP contribution in [0.2, 0.25) is 0 Å². The minimum Gasteiger partial charge on any atom is -0.341 e. The van der Waals surface area contributed by atoms with Crippen molar-refractivity contribution in [3.8, 4) is 0 Å². The van der Waals surface area contributed by atoms with Crippen LogP contribution in [0, 0.1) is 18.7 Å². The quantitative estimate of drug-likeness (QED) is 0.791. The van der Waals surface area contributed by atoms with Crippen LogP contribution in [-0.4, -0.2) is 11.8 Å². The summed E-state index contributed by atoms with van der Waals surface area (Å²) in [5, 5.41) is 5.09. The summed E-state index contributed by atoms with van der Waals surface area (Å²) in [5.74, 6) is -2.16. The molecule has 0 aliphatic carbocycles. The van der Waals surface area contributed by atoms with Gasteiger partial charge in [0.25, 0.3) is 0 Å². The van der Waals surface area contributed by atoms with Crippen molar-refractivity contribution in [2.45, 2.75) is 40.2 Å². The summed E-state index contributed by atoms with van der Waals surface area (Å²) >= 11 is 0. The molecule has 0 bridgehead atoms. The molecule has 0 spiro atoms. The molecular formula is C21H25FN2O2. The monoisotopic (exact) mass is 356 g/mol. The number of nitrogens with one attached hydrogen (secondary N) is 2. The first-order valence-electron chi connectivity index (χ1n) is 8.78. The van der Waals surface area contributed by atoms with E-state index >= 15 is 0 Å². The number of anilines is 1. The molecule has 4 nitrogen and oxygen atoms in total. The predicted octanol–water partition coefficient (Wildman–Crippen LogP) is 4.15. The van der Waals surface area contributed by atoms with Gasteiger partial charge in [0.15, 0.2) is 0 Å². The number of aryl methyl sites for hydroxylation is 2. The Bertz CT molecular complexity index is 785. The molecule has 0 saturated heterocycles. The van der Waals surface area contributed by atoms with Crippen LogP contribution in [-0.2, 0) is 16.0 Å². The Labute approximate surface area is 153 Å². The average molecular weight is 356 g/mol. The Kier molecular flexibility index (Phi) is 6.50. The van der Waals surface area contributed by atoms with E-state index in [4.69, 9.17) is 0 Å². The third-order valence-electron chi connectivity index (χ3n) is 4.28. The summed E-state index contributed by atoms with van der Waals surface area (Å²) in [4.78, 5) is 24.5. The molecule has 0 saturated carbocycles. The third kappa shape index (κ3) is 4.91. The van der Waals surface area contributed by atoms with Crippen LogP contribution in [0.3, 0.4) is 0 Å². The smallest absolute Gasteiger partial charge is 0.313 e. The van der Waals surface area contributed by atoms with Crippen molar-refractivity contribution >= 4 is 17.5 Å². The molecule has 2 N–H and O–H groups in total. The van der Waals surface area contributed by atoms with E-state index < -0.39 is 17.6 Å². The van der Waals surface area contributed by atoms with Crippen molar-refractivity contribution in [3.63, 3.8) is 0 Å². The van der Waals surface area contributed by atoms with Crippen molar-refractivity contribution in [3.05, 3.63) is 65.0 Å². The molecule has 26 heavy (non-hydrogen) atoms. The van der Waals surface area contributed by atoms with E-state index in [-0.39, 0.29) is 17.6 Å². The molecule has 0 aromatic heterocycles. The normalized spacial score (nSPS) is 11.9. The van der Waals surface area contributed by atoms with Crippen LogP contribution in [0.5, 0.6) is 0 Å². The second-order valence-corrected chi connectivity index (χ2v) is 6.73. The molecule has 138 valence electrons. The Morgan fingerprint density at radius 3 is 2.27 bits per heavy atom. The highest BCUT2D eigenvalue weighted by atomic mass is 19.1. The molecule has 2 rings (SSSR count). The molecule has 0 radical (unpaired) electrons. The van der Waals surface area contributed by atoms with Gasteiger partial charge in [0.05, 0.1) is 11.7 Å². The number of carbonyl (C=O) groups excluding carboxylic acids is 2. The maximum absolute atomic E-state index is 13.8. The van der Waals surface area contributed by atoms with E-state index in [1.807, 2.05) is 38.1 Å². The zero-order valence-electron chi connectivity index (χ0n) is 15.6. The SMILES string of the molecule is CCc1ccc(C(NC(=O)C(=O)Nc2cc(C)ccc2F)C(C)C)cc1. The number of benzene rings is 2. The van der Waals surface area contributed by atoms with E-state index in [1.165, 1.54) is 17.7 Å². The Balaban J connectivity index is 2.11. The maximum atomic E-state index is 13.8. The van der Waals surface area contributed by atoms with Gasteiger partial charge in [-0.05, 0) is 48.1 Å². The molecule has 1 unspecified atom stereocenters. The number of amides is 2. The van der Waals surface area contributed by atoms with Gasteiger partial charge in [-0.2, -0.15) is 0 Å². The Morgan fingerprint density at radius 1 is 1.04 bits per heavy atom. The number of hydrogen-bond acceptors (Lipinski definition) is 2. The Hall–Kier alpha value is -2.69. The van der Waals surface area contributed by atoms with Crippen LogP contribution < -0.4 is 10.6 Å². The van der Waals surface area contributed by atoms with Crippen LogP contribution in [0.25, 0.3) is 0 Å². The molecular weight excluding hydrogens is 331 g/mol. The molecule has 0 aliphatic rings. The van der Waals surface area contributed by atoms with Gasteiger partial charge >= 0.3 is 11.8 Å². The minimum absolute atomic E-state index is 0.00135. The van der Waals surface area contributed by atoms with E-state index in [0.29, 0.717) is 0 Å². The van der Waals surface area contributed by atoms with Gasteiger partial charge in [-0.25, -0.2) is 4.39 Å². The van der Waals surface area contributed by atoms with Gasteiger partial charge in [-0.3, -0.25) is 9.59 Å². The zero-order chi connectivity index (χ0) is 19.3. The minimum atomic E-state index is -0.884. The Morgan fingerprint density at radius 2 is 1.69 bits per heavy atom. The molecule has 2 aromatic rings. The van der Waals surface area contributed by atoms with Gasteiger partial charge in [0, 0.05) is 0 Å². The first-order valence-corrected chi connectivity index (χ1v) is 8.78. The summed E-state index contributed by atoms with van der Waals surface area (Å²) in [6.45, 7) is 7.79. The fraction of sp³-hybridized carbons (Fsp3) is 0.333. The van der Waals surface area contributed by atoms with E-state index in [2.05, 4.69) is 17.6 Å². The van der Waals surface area contributed by atoms with Gasteiger partial charge in [-0.15, -0.1) is 0 Å². The summed E-state index contributed by atoms with van der Waals surface area (Å²) in [7, 11) is 0. The van der Waals surface area contributed by atoms with Crippen molar-refractivity contribution in [1.29, 1.82) is 0 Å². The molecule has 2 aromatic carbocycles. The third-order valence-corrected chi connectivity index (χ3v) is 4.28. The van der Waals surface area contributed by atoms with Crippen LogP contribution >= 0.6 is 0 Å². The van der Waals surface area contributed by atoms with E-state index in [0.717, 1.165) is 17.5 Å². The summed E-state index contributed by atoms with van der Waals surface area (Å²) in [5.41, 5.74) is 2.92. The molecule has 0 fully saturated rings. The van der Waals surface area contributed by atoms with E-state index in [1.54, 1.807) is 13.0 Å². The largest absolute Gasteiger partial charge is 0.341 e. The number of rotatable bonds is 5. The van der Waals surface area contributed by atoms with Gasteiger partial charge in [0.1, 0.15) is 5.82 Å². The molecule has 0 aliphatic heterocycles. The highest BCUT2D eigenvalue weighted by Crippen LogP contribution is 2.22. The van der Waals surface area contributed by atoms with E-state index in [9.17, 15) is 14.0 Å². The van der Waals surface area contributed by atoms with Crippen molar-refractivity contribution in [2.24, 2.45) is 5.92 Å². The lowest BCUT2D eigenvalue weighted by molar-refractivity contribution is -0.136. The van der Waals surface area contributed by atoms with Crippen LogP contribution in [0.4, 0.5) is 10.1 Å². The van der Waals surface area contributed by atoms with Crippen molar-refractivity contribution in [1.82, 2.24) is 5.32 Å². The van der Waals surface area contributed by atoms with Crippen LogP contribution in [0.15, 0.2) is 42.5 Å². The number of carbonyl (C=O) groups is 2. The molecule has 2 amide bonds. The highest BCUT2D eigenvalue weighted by Gasteiger charge is 2.23. The fourth-order valence-electron chi connectivity index (χ4n) is 2.72. The second kappa shape index (κ2) is 8.61. The molecule has 0 heterocycles. The van der Waals surface area contributed by atoms with Crippen LogP contribution in [0.1, 0.15) is 43.5 Å². The topological polar surface area (TPSA) is 58.2 Å². The fourth-order valence-corrected chi connectivity index (χ4v) is 2.72. The van der Waals surface area contributed by atoms with Crippen molar-refractivity contribution in [2.75, 3.05) is 5.32 Å². The van der Waals surface area contributed by atoms with Gasteiger partial charge in [0.2, 0.25) is 0 Å². The number of halogens is 1. The predicted molar refractivity (Wildman–Crippen MR) is 101 cm³/mol. The summed E-state index contributed by atoms with van der Waals surface area (Å²) < 4.78 is 13.8. The first kappa shape index (κ1) is 19.6. The zero-order valence-corrected chi connectivity index (χ0v) is 15.6. The standard InChI is InChI=1S/C21H25FN2O2/c1-5-15-7-9-16(10-8-15)19(13(2)3)24-21(26)20(25)23-18-12-14(4)6-11-17(18)22/h6-13,19H,5H2,1-4H3,(H,23,25)(H,24,26). The lowest BCUT2D eigenvalue weighted by Crippen LogP contribution is -2.39. The molecule has 1 atom stereocenters. The maximum Gasteiger partial charge on any atom is 0.313 e. The lowest BCUT2D eigenvalue weighted by Gasteiger charge is -2.23.